The first-order chi connectivity index (χ1) is 11.2. The number of hydrogen-bond donors (Lipinski definition) is 3. The molecule has 1 aromatic rings. The average molecular weight is 357 g/mol. The summed E-state index contributed by atoms with van der Waals surface area (Å²) in [4.78, 5) is 12.2. The lowest BCUT2D eigenvalue weighted by Crippen LogP contribution is -2.37. The van der Waals surface area contributed by atoms with Crippen molar-refractivity contribution in [3.8, 4) is 0 Å². The molecular formula is C17H29ClN4O2. The molecule has 24 heavy (non-hydrogen) atoms. The highest BCUT2D eigenvalue weighted by Gasteiger charge is 2.23. The fourth-order valence-electron chi connectivity index (χ4n) is 3.70. The molecule has 2 atom stereocenters. The van der Waals surface area contributed by atoms with E-state index in [0.29, 0.717) is 24.2 Å². The third kappa shape index (κ3) is 4.94. The molecule has 3 N–H and O–H groups in total. The fraction of sp³-hybridized carbons (Fsp3) is 0.765. The van der Waals surface area contributed by atoms with Crippen molar-refractivity contribution >= 4 is 18.3 Å². The van der Waals surface area contributed by atoms with Crippen molar-refractivity contribution < 1.29 is 9.90 Å². The Balaban J connectivity index is 0.00000208. The summed E-state index contributed by atoms with van der Waals surface area (Å²) in [6.07, 6.45) is 9.46. The van der Waals surface area contributed by atoms with Crippen LogP contribution < -0.4 is 10.6 Å². The summed E-state index contributed by atoms with van der Waals surface area (Å²) in [5, 5.41) is 20.8. The maximum Gasteiger partial charge on any atom is 0.271 e. The molecule has 2 heterocycles. The zero-order chi connectivity index (χ0) is 16.1. The van der Waals surface area contributed by atoms with E-state index in [1.165, 1.54) is 19.3 Å². The van der Waals surface area contributed by atoms with Crippen molar-refractivity contribution in [1.29, 1.82) is 0 Å². The molecule has 2 unspecified atom stereocenters. The first kappa shape index (κ1) is 19.2. The quantitative estimate of drug-likeness (QED) is 0.752. The molecule has 0 bridgehead atoms. The highest BCUT2D eigenvalue weighted by molar-refractivity contribution is 5.92. The minimum Gasteiger partial charge on any atom is -0.391 e. The molecule has 1 aromatic heterocycles. The second-order valence-corrected chi connectivity index (χ2v) is 6.86. The van der Waals surface area contributed by atoms with Gasteiger partial charge >= 0.3 is 0 Å². The molecule has 3 rings (SSSR count). The Kier molecular flexibility index (Phi) is 7.52. The number of carbonyl (C=O) groups is 1. The smallest absolute Gasteiger partial charge is 0.271 e. The number of aromatic nitrogens is 2. The Hall–Kier alpha value is -1.11. The van der Waals surface area contributed by atoms with E-state index in [4.69, 9.17) is 0 Å². The Morgan fingerprint density at radius 3 is 2.83 bits per heavy atom. The molecule has 0 radical (unpaired) electrons. The number of aliphatic hydroxyl groups is 1. The van der Waals surface area contributed by atoms with E-state index in [0.717, 1.165) is 38.8 Å². The van der Waals surface area contributed by atoms with Crippen LogP contribution in [-0.2, 0) is 0 Å². The van der Waals surface area contributed by atoms with Gasteiger partial charge in [0.05, 0.1) is 12.1 Å². The lowest BCUT2D eigenvalue weighted by Gasteiger charge is -2.26. The van der Waals surface area contributed by atoms with E-state index in [1.807, 2.05) is 10.9 Å². The summed E-state index contributed by atoms with van der Waals surface area (Å²) in [6, 6.07) is 2.09. The van der Waals surface area contributed by atoms with Crippen LogP contribution in [0.25, 0.3) is 0 Å². The SMILES string of the molecule is Cl.O=C(NCC(O)C1CCCCC1)c1ccn(C2CCCNC2)n1. The van der Waals surface area contributed by atoms with Gasteiger partial charge in [0, 0.05) is 19.3 Å². The van der Waals surface area contributed by atoms with Crippen LogP contribution in [0, 0.1) is 5.92 Å². The number of hydrogen-bond acceptors (Lipinski definition) is 4. The normalized spacial score (nSPS) is 23.3. The van der Waals surface area contributed by atoms with Gasteiger partial charge in [-0.2, -0.15) is 5.10 Å². The number of piperidine rings is 1. The Morgan fingerprint density at radius 1 is 1.33 bits per heavy atom. The molecule has 1 saturated carbocycles. The minimum absolute atomic E-state index is 0. The van der Waals surface area contributed by atoms with Gasteiger partial charge in [-0.3, -0.25) is 9.48 Å². The van der Waals surface area contributed by atoms with Gasteiger partial charge in [-0.1, -0.05) is 19.3 Å². The van der Waals surface area contributed by atoms with Crippen molar-refractivity contribution in [2.45, 2.75) is 57.1 Å². The van der Waals surface area contributed by atoms with Crippen LogP contribution in [0.1, 0.15) is 61.5 Å². The molecule has 1 amide bonds. The van der Waals surface area contributed by atoms with Gasteiger partial charge in [0.15, 0.2) is 0 Å². The first-order valence-corrected chi connectivity index (χ1v) is 8.96. The zero-order valence-corrected chi connectivity index (χ0v) is 14.9. The van der Waals surface area contributed by atoms with Crippen molar-refractivity contribution in [3.63, 3.8) is 0 Å². The molecule has 1 aliphatic heterocycles. The maximum absolute atomic E-state index is 12.2. The van der Waals surface area contributed by atoms with Gasteiger partial charge in [-0.05, 0) is 44.2 Å². The molecular weight excluding hydrogens is 328 g/mol. The molecule has 7 heteroatoms. The largest absolute Gasteiger partial charge is 0.391 e. The van der Waals surface area contributed by atoms with Crippen LogP contribution in [0.3, 0.4) is 0 Å². The molecule has 0 aromatic carbocycles. The van der Waals surface area contributed by atoms with E-state index in [9.17, 15) is 9.90 Å². The summed E-state index contributed by atoms with van der Waals surface area (Å²) in [5.41, 5.74) is 0.436. The summed E-state index contributed by atoms with van der Waals surface area (Å²) in [7, 11) is 0. The third-order valence-electron chi connectivity index (χ3n) is 5.15. The number of amides is 1. The second kappa shape index (κ2) is 9.39. The molecule has 136 valence electrons. The summed E-state index contributed by atoms with van der Waals surface area (Å²) in [6.45, 7) is 2.29. The lowest BCUT2D eigenvalue weighted by atomic mass is 9.85. The molecule has 1 aliphatic carbocycles. The predicted molar refractivity (Wildman–Crippen MR) is 95.5 cm³/mol. The van der Waals surface area contributed by atoms with Crippen LogP contribution in [0.5, 0.6) is 0 Å². The topological polar surface area (TPSA) is 79.2 Å². The van der Waals surface area contributed by atoms with Gasteiger partial charge < -0.3 is 15.7 Å². The summed E-state index contributed by atoms with van der Waals surface area (Å²) in [5.74, 6) is 0.136. The highest BCUT2D eigenvalue weighted by atomic mass is 35.5. The summed E-state index contributed by atoms with van der Waals surface area (Å²) >= 11 is 0. The highest BCUT2D eigenvalue weighted by Crippen LogP contribution is 2.26. The minimum atomic E-state index is -0.441. The number of rotatable bonds is 5. The Labute approximate surface area is 149 Å². The number of halogens is 1. The van der Waals surface area contributed by atoms with Crippen molar-refractivity contribution in [1.82, 2.24) is 20.4 Å². The van der Waals surface area contributed by atoms with Crippen LogP contribution in [0.2, 0.25) is 0 Å². The maximum atomic E-state index is 12.2. The van der Waals surface area contributed by atoms with E-state index >= 15 is 0 Å². The predicted octanol–water partition coefficient (Wildman–Crippen LogP) is 1.90. The van der Waals surface area contributed by atoms with Crippen molar-refractivity contribution in [2.24, 2.45) is 5.92 Å². The zero-order valence-electron chi connectivity index (χ0n) is 14.1. The monoisotopic (exact) mass is 356 g/mol. The van der Waals surface area contributed by atoms with Gasteiger partial charge in [-0.25, -0.2) is 0 Å². The van der Waals surface area contributed by atoms with Gasteiger partial charge in [0.2, 0.25) is 0 Å². The number of nitrogens with one attached hydrogen (secondary N) is 2. The van der Waals surface area contributed by atoms with Gasteiger partial charge in [0.1, 0.15) is 5.69 Å². The van der Waals surface area contributed by atoms with E-state index < -0.39 is 6.10 Å². The Morgan fingerprint density at radius 2 is 2.12 bits per heavy atom. The average Bonchev–Trinajstić information content (AvgIpc) is 3.11. The number of carbonyl (C=O) groups excluding carboxylic acids is 1. The molecule has 2 fully saturated rings. The first-order valence-electron chi connectivity index (χ1n) is 8.96. The summed E-state index contributed by atoms with van der Waals surface area (Å²) < 4.78 is 1.89. The third-order valence-corrected chi connectivity index (χ3v) is 5.15. The number of nitrogens with zero attached hydrogens (tertiary/aromatic N) is 2. The van der Waals surface area contributed by atoms with Gasteiger partial charge in [-0.15, -0.1) is 12.4 Å². The van der Waals surface area contributed by atoms with Crippen LogP contribution in [-0.4, -0.2) is 46.5 Å². The molecule has 2 aliphatic rings. The van der Waals surface area contributed by atoms with Crippen LogP contribution in [0.4, 0.5) is 0 Å². The lowest BCUT2D eigenvalue weighted by molar-refractivity contribution is 0.0735. The van der Waals surface area contributed by atoms with E-state index in [1.54, 1.807) is 6.07 Å². The molecule has 1 saturated heterocycles. The standard InChI is InChI=1S/C17H28N4O2.ClH/c22-16(13-5-2-1-3-6-13)12-19-17(23)15-8-10-21(20-15)14-7-4-9-18-11-14;/h8,10,13-14,16,18,22H,1-7,9,11-12H2,(H,19,23);1H. The van der Waals surface area contributed by atoms with E-state index in [2.05, 4.69) is 15.7 Å². The fourth-order valence-corrected chi connectivity index (χ4v) is 3.70. The van der Waals surface area contributed by atoms with Crippen LogP contribution in [0.15, 0.2) is 12.3 Å². The van der Waals surface area contributed by atoms with Crippen LogP contribution >= 0.6 is 12.4 Å². The second-order valence-electron chi connectivity index (χ2n) is 6.86. The molecule has 6 nitrogen and oxygen atoms in total. The number of aliphatic hydroxyl groups excluding tert-OH is 1. The van der Waals surface area contributed by atoms with Crippen molar-refractivity contribution in [3.05, 3.63) is 18.0 Å². The van der Waals surface area contributed by atoms with Gasteiger partial charge in [0.25, 0.3) is 5.91 Å². The van der Waals surface area contributed by atoms with Crippen molar-refractivity contribution in [2.75, 3.05) is 19.6 Å². The Bertz CT molecular complexity index is 510. The molecule has 0 spiro atoms. The van der Waals surface area contributed by atoms with E-state index in [-0.39, 0.29) is 18.3 Å².